The third-order valence-corrected chi connectivity index (χ3v) is 7.75. The van der Waals surface area contributed by atoms with Gasteiger partial charge in [-0.2, -0.15) is 23.0 Å². The number of rotatable bonds is 5. The summed E-state index contributed by atoms with van der Waals surface area (Å²) in [6.07, 6.45) is -4.05. The van der Waals surface area contributed by atoms with E-state index in [4.69, 9.17) is 0 Å². The van der Waals surface area contributed by atoms with Crippen molar-refractivity contribution in [3.63, 3.8) is 0 Å². The first kappa shape index (κ1) is 28.2. The van der Waals surface area contributed by atoms with Gasteiger partial charge in [0.1, 0.15) is 23.5 Å². The molecule has 5 rings (SSSR count). The Morgan fingerprint density at radius 1 is 1.00 bits per heavy atom. The second-order valence-electron chi connectivity index (χ2n) is 10.3. The summed E-state index contributed by atoms with van der Waals surface area (Å²) in [5.74, 6) is -3.13. The van der Waals surface area contributed by atoms with Crippen molar-refractivity contribution >= 4 is 40.5 Å². The van der Waals surface area contributed by atoms with Crippen molar-refractivity contribution < 1.29 is 41.8 Å². The van der Waals surface area contributed by atoms with Crippen LogP contribution in [0.2, 0.25) is 0 Å². The number of Topliss-reactive ketones (excluding diaryl/α,β-unsaturated/α-hetero) is 1. The molecule has 1 saturated heterocycles. The van der Waals surface area contributed by atoms with Crippen LogP contribution in [-0.2, 0) is 15.0 Å². The van der Waals surface area contributed by atoms with Gasteiger partial charge in [-0.05, 0) is 30.5 Å². The average Bonchev–Trinajstić information content (AvgIpc) is 3.55. The van der Waals surface area contributed by atoms with Crippen LogP contribution in [0.5, 0.6) is 0 Å². The highest BCUT2D eigenvalue weighted by Gasteiger charge is 2.49. The molecule has 1 aliphatic carbocycles. The molecular formula is C27H25F4N5O5. The van der Waals surface area contributed by atoms with Gasteiger partial charge in [0, 0.05) is 12.0 Å². The van der Waals surface area contributed by atoms with Gasteiger partial charge in [-0.25, -0.2) is 14.2 Å². The summed E-state index contributed by atoms with van der Waals surface area (Å²) in [7, 11) is 0. The first-order valence-electron chi connectivity index (χ1n) is 13.0. The maximum Gasteiger partial charge on any atom is 0.454 e. The number of hydrogen-bond acceptors (Lipinski definition) is 6. The predicted molar refractivity (Wildman–Crippen MR) is 136 cm³/mol. The molecule has 10 nitrogen and oxygen atoms in total. The Labute approximate surface area is 230 Å². The number of nitrogens with zero attached hydrogens (tertiary/aromatic N) is 4. The molecule has 2 aromatic heterocycles. The molecule has 2 amide bonds. The van der Waals surface area contributed by atoms with E-state index >= 15 is 0 Å². The molecular weight excluding hydrogens is 550 g/mol. The molecule has 2 N–H and O–H groups in total. The van der Waals surface area contributed by atoms with Gasteiger partial charge in [0.2, 0.25) is 11.8 Å². The lowest BCUT2D eigenvalue weighted by Crippen LogP contribution is -2.52. The first-order valence-corrected chi connectivity index (χ1v) is 13.0. The van der Waals surface area contributed by atoms with Crippen LogP contribution >= 0.6 is 0 Å². The number of ketones is 1. The second kappa shape index (κ2) is 10.6. The molecule has 0 bridgehead atoms. The quantitative estimate of drug-likeness (QED) is 0.338. The number of aromatic nitrogens is 3. The fourth-order valence-corrected chi connectivity index (χ4v) is 5.77. The van der Waals surface area contributed by atoms with Crippen LogP contribution < -0.4 is 5.32 Å². The van der Waals surface area contributed by atoms with Crippen LogP contribution in [-0.4, -0.2) is 73.4 Å². The molecule has 2 fully saturated rings. The number of carbonyl (C=O) groups is 4. The van der Waals surface area contributed by atoms with Crippen LogP contribution in [0.1, 0.15) is 54.4 Å². The van der Waals surface area contributed by atoms with Gasteiger partial charge in [0.05, 0.1) is 23.7 Å². The van der Waals surface area contributed by atoms with Crippen molar-refractivity contribution in [3.8, 4) is 0 Å². The smallest absolute Gasteiger partial charge is 0.454 e. The molecule has 1 aliphatic heterocycles. The predicted octanol–water partition coefficient (Wildman–Crippen LogP) is 4.48. The summed E-state index contributed by atoms with van der Waals surface area (Å²) >= 11 is 0. The summed E-state index contributed by atoms with van der Waals surface area (Å²) in [5.41, 5.74) is -0.950. The Kier molecular flexibility index (Phi) is 7.26. The van der Waals surface area contributed by atoms with Crippen LogP contribution in [0.4, 0.5) is 28.2 Å². The van der Waals surface area contributed by atoms with Gasteiger partial charge in [-0.1, -0.05) is 43.5 Å². The first-order chi connectivity index (χ1) is 19.4. The van der Waals surface area contributed by atoms with E-state index in [0.717, 1.165) is 18.6 Å². The number of alkyl halides is 4. The third-order valence-electron chi connectivity index (χ3n) is 7.75. The summed E-state index contributed by atoms with van der Waals surface area (Å²) in [6, 6.07) is 6.32. The van der Waals surface area contributed by atoms with Crippen LogP contribution in [0.15, 0.2) is 42.6 Å². The van der Waals surface area contributed by atoms with E-state index < -0.39 is 53.1 Å². The zero-order valence-corrected chi connectivity index (χ0v) is 21.5. The lowest BCUT2D eigenvalue weighted by Gasteiger charge is -2.40. The Morgan fingerprint density at radius 3 is 2.32 bits per heavy atom. The number of carboxylic acid groups (broad SMARTS) is 1. The van der Waals surface area contributed by atoms with Gasteiger partial charge >= 0.3 is 12.3 Å². The number of anilines is 1. The zero-order chi connectivity index (χ0) is 29.5. The lowest BCUT2D eigenvalue weighted by molar-refractivity contribution is -0.143. The minimum atomic E-state index is -5.04. The van der Waals surface area contributed by atoms with Crippen molar-refractivity contribution in [2.75, 3.05) is 11.9 Å². The molecule has 3 heterocycles. The van der Waals surface area contributed by atoms with E-state index in [0.29, 0.717) is 35.9 Å². The number of amides is 2. The van der Waals surface area contributed by atoms with E-state index in [1.165, 1.54) is 35.4 Å². The number of fused-ring (bicyclic) bond motifs is 1. The molecule has 41 heavy (non-hydrogen) atoms. The van der Waals surface area contributed by atoms with Crippen LogP contribution in [0.3, 0.4) is 0 Å². The molecule has 0 spiro atoms. The van der Waals surface area contributed by atoms with Crippen molar-refractivity contribution in [1.82, 2.24) is 19.7 Å². The summed E-state index contributed by atoms with van der Waals surface area (Å²) < 4.78 is 54.1. The van der Waals surface area contributed by atoms with Gasteiger partial charge in [-0.3, -0.25) is 14.4 Å². The molecule has 1 aromatic carbocycles. The normalized spacial score (nSPS) is 20.6. The molecule has 14 heteroatoms. The van der Waals surface area contributed by atoms with E-state index in [2.05, 4.69) is 15.4 Å². The Bertz CT molecular complexity index is 1510. The SMILES string of the molecule is O=C(Nc1ccc2c(cnn2C(=O)O)n1)[C@H]1C[C@@H](F)CN1C(=O)C1(c2ccc(C(=O)C(F)(F)F)cc2)CCCCC1. The fourth-order valence-electron chi connectivity index (χ4n) is 5.77. The number of nitrogens with one attached hydrogen (secondary N) is 1. The largest absolute Gasteiger partial charge is 0.463 e. The lowest BCUT2D eigenvalue weighted by atomic mass is 9.68. The Hall–Kier alpha value is -4.36. The maximum atomic E-state index is 14.7. The van der Waals surface area contributed by atoms with E-state index in [1.807, 2.05) is 0 Å². The highest BCUT2D eigenvalue weighted by atomic mass is 19.4. The molecule has 1 saturated carbocycles. The second-order valence-corrected chi connectivity index (χ2v) is 10.3. The number of carbonyl (C=O) groups excluding carboxylic acids is 3. The molecule has 216 valence electrons. The summed E-state index contributed by atoms with van der Waals surface area (Å²) in [4.78, 5) is 55.7. The maximum absolute atomic E-state index is 14.7. The number of pyridine rings is 1. The highest BCUT2D eigenvalue weighted by molar-refractivity contribution is 6.01. The molecule has 2 aliphatic rings. The van der Waals surface area contributed by atoms with Crippen molar-refractivity contribution in [2.45, 2.75) is 62.3 Å². The van der Waals surface area contributed by atoms with Gasteiger partial charge in [0.25, 0.3) is 5.78 Å². The minimum Gasteiger partial charge on any atom is -0.463 e. The van der Waals surface area contributed by atoms with Crippen molar-refractivity contribution in [2.24, 2.45) is 0 Å². The van der Waals surface area contributed by atoms with E-state index in [9.17, 15) is 41.8 Å². The number of halogens is 4. The molecule has 0 radical (unpaired) electrons. The van der Waals surface area contributed by atoms with Crippen molar-refractivity contribution in [1.29, 1.82) is 0 Å². The van der Waals surface area contributed by atoms with E-state index in [-0.39, 0.29) is 29.8 Å². The molecule has 0 unspecified atom stereocenters. The number of likely N-dealkylation sites (tertiary alicyclic amines) is 1. The van der Waals surface area contributed by atoms with Crippen LogP contribution in [0, 0.1) is 0 Å². The van der Waals surface area contributed by atoms with Gasteiger partial charge in [0.15, 0.2) is 0 Å². The zero-order valence-electron chi connectivity index (χ0n) is 21.5. The standard InChI is InChI=1S/C27H25F4N5O5/c28-17-12-20(23(38)34-21-9-8-19-18(33-21)13-32-36(19)25(40)41)35(14-17)24(39)26(10-2-1-3-11-26)16-6-4-15(5-7-16)22(37)27(29,30)31/h4-9,13,17,20H,1-3,10-12,14H2,(H,40,41)(H,33,34,38)/t17-,20-/m1/s1. The topological polar surface area (TPSA) is 134 Å². The van der Waals surface area contributed by atoms with Crippen LogP contribution in [0.25, 0.3) is 11.0 Å². The fraction of sp³-hybridized carbons (Fsp3) is 0.407. The number of benzene rings is 1. The third kappa shape index (κ3) is 5.25. The van der Waals surface area contributed by atoms with Gasteiger partial charge < -0.3 is 15.3 Å². The van der Waals surface area contributed by atoms with E-state index in [1.54, 1.807) is 0 Å². The van der Waals surface area contributed by atoms with Crippen molar-refractivity contribution in [3.05, 3.63) is 53.7 Å². The summed E-state index contributed by atoms with van der Waals surface area (Å²) in [6.45, 7) is -0.332. The Balaban J connectivity index is 1.40. The monoisotopic (exact) mass is 575 g/mol. The average molecular weight is 576 g/mol. The van der Waals surface area contributed by atoms with Gasteiger partial charge in [-0.15, -0.1) is 0 Å². The minimum absolute atomic E-state index is 0.0550. The highest BCUT2D eigenvalue weighted by Crippen LogP contribution is 2.43. The molecule has 2 atom stereocenters. The molecule has 3 aromatic rings. The number of hydrogen-bond donors (Lipinski definition) is 2. The summed E-state index contributed by atoms with van der Waals surface area (Å²) in [5, 5.41) is 15.5. The Morgan fingerprint density at radius 2 is 1.68 bits per heavy atom.